The standard InChI is InChI=1S/C65H62O15S/c1-4-33-66-57-54(69-37-41-31-32-42-21-19-20-28-46(42)36-41)51-48(38-70-60(76-51)43-22-11-7-12-23-43)73-63(57)79-55-52-49(39-71-61(77-52)44-24-13-8-14-25-44)74-64(58(55)67-34-5-2)80-56-53-50(40-72-62(78-53)45-26-15-9-16-27-45)75-65(59(56)68-35-6-3)81-47-29-17-10-18-30-47/h1-3,7-32,36,48-65H,33-35,37-40H2/t48-,49-,50-,51-,52-,53-,54+,55+,56+,57+,58+,59+,60-,61-,62-,63+,64+,65-/m1/s1. The summed E-state index contributed by atoms with van der Waals surface area (Å²) in [6, 6.07) is 53.2. The highest BCUT2D eigenvalue weighted by Crippen LogP contribution is 2.45. The molecule has 12 rings (SSSR count). The predicted molar refractivity (Wildman–Crippen MR) is 296 cm³/mol. The Morgan fingerprint density at radius 3 is 1.33 bits per heavy atom. The molecule has 6 heterocycles. The first-order valence-corrected chi connectivity index (χ1v) is 28.1. The minimum atomic E-state index is -1.26. The number of rotatable bonds is 18. The highest BCUT2D eigenvalue weighted by molar-refractivity contribution is 7.99. The molecule has 6 aliphatic heterocycles. The van der Waals surface area contributed by atoms with Crippen molar-refractivity contribution in [1.82, 2.24) is 0 Å². The van der Waals surface area contributed by atoms with Crippen LogP contribution < -0.4 is 0 Å². The van der Waals surface area contributed by atoms with Gasteiger partial charge >= 0.3 is 0 Å². The van der Waals surface area contributed by atoms with Gasteiger partial charge < -0.3 is 71.1 Å². The normalized spacial score (nSPS) is 33.6. The first-order valence-electron chi connectivity index (χ1n) is 27.2. The van der Waals surface area contributed by atoms with E-state index in [1.54, 1.807) is 0 Å². The van der Waals surface area contributed by atoms with E-state index in [9.17, 15) is 0 Å². The lowest BCUT2D eigenvalue weighted by molar-refractivity contribution is -0.419. The first kappa shape index (κ1) is 55.5. The van der Waals surface area contributed by atoms with E-state index in [1.807, 2.05) is 140 Å². The summed E-state index contributed by atoms with van der Waals surface area (Å²) in [5, 5.41) is 2.17. The van der Waals surface area contributed by atoms with Crippen molar-refractivity contribution in [2.45, 2.75) is 122 Å². The highest BCUT2D eigenvalue weighted by atomic mass is 32.2. The van der Waals surface area contributed by atoms with Crippen LogP contribution in [0.5, 0.6) is 0 Å². The fraction of sp³-hybridized carbons (Fsp3) is 0.385. The molecule has 81 heavy (non-hydrogen) atoms. The Labute approximate surface area is 475 Å². The number of fused-ring (bicyclic) bond motifs is 4. The van der Waals surface area contributed by atoms with Crippen LogP contribution in [0.3, 0.4) is 0 Å². The summed E-state index contributed by atoms with van der Waals surface area (Å²) in [6.07, 6.45) is 2.74. The van der Waals surface area contributed by atoms with E-state index in [0.29, 0.717) is 0 Å². The summed E-state index contributed by atoms with van der Waals surface area (Å²) >= 11 is 1.47. The SMILES string of the molecule is C#CCO[C@@H]1[C@H](O[C@@H]2[C@H](OCC#C)[C@H](O[C@@H]3[C@H](OCC#C)[C@@H](Sc4ccccc4)O[C@@H]4CO[C@@H](c5ccccc5)O[C@@H]34)O[C@@H]3CO[C@@H](c4ccccc4)O[C@@H]23)O[C@@H]2CO[C@@H](c3ccccc3)O[C@H]2[C@@H]1OCc1ccc2ccccc2c1. The van der Waals surface area contributed by atoms with Gasteiger partial charge in [-0.05, 0) is 34.5 Å². The minimum Gasteiger partial charge on any atom is -0.368 e. The van der Waals surface area contributed by atoms with Crippen molar-refractivity contribution in [3.05, 3.63) is 186 Å². The molecule has 0 aromatic heterocycles. The van der Waals surface area contributed by atoms with Gasteiger partial charge in [-0.15, -0.1) is 19.3 Å². The van der Waals surface area contributed by atoms with Crippen molar-refractivity contribution in [3.63, 3.8) is 0 Å². The zero-order valence-corrected chi connectivity index (χ0v) is 45.0. The average Bonchev–Trinajstić information content (AvgIpc) is 3.72. The number of thioether (sulfide) groups is 1. The Balaban J connectivity index is 0.915. The molecule has 0 N–H and O–H groups in total. The molecule has 0 amide bonds. The summed E-state index contributed by atoms with van der Waals surface area (Å²) in [7, 11) is 0. The maximum Gasteiger partial charge on any atom is 0.187 e. The average molecular weight is 1120 g/mol. The molecule has 6 aromatic rings. The molecule has 6 saturated heterocycles. The zero-order valence-electron chi connectivity index (χ0n) is 44.2. The van der Waals surface area contributed by atoms with Crippen molar-refractivity contribution in [1.29, 1.82) is 0 Å². The second kappa shape index (κ2) is 26.5. The molecule has 6 fully saturated rings. The van der Waals surface area contributed by atoms with Crippen LogP contribution in [0.1, 0.15) is 41.1 Å². The van der Waals surface area contributed by atoms with Crippen LogP contribution in [-0.2, 0) is 77.7 Å². The number of hydrogen-bond donors (Lipinski definition) is 0. The molecule has 0 radical (unpaired) electrons. The van der Waals surface area contributed by atoms with E-state index >= 15 is 0 Å². The van der Waals surface area contributed by atoms with Gasteiger partial charge in [0.15, 0.2) is 31.5 Å². The lowest BCUT2D eigenvalue weighted by Gasteiger charge is -2.54. The van der Waals surface area contributed by atoms with Gasteiger partial charge in [-0.3, -0.25) is 0 Å². The van der Waals surface area contributed by atoms with Crippen molar-refractivity contribution in [2.75, 3.05) is 39.6 Å². The number of terminal acetylenes is 3. The summed E-state index contributed by atoms with van der Waals surface area (Å²) in [4.78, 5) is 0.930. The highest BCUT2D eigenvalue weighted by Gasteiger charge is 2.60. The molecule has 15 nitrogen and oxygen atoms in total. The fourth-order valence-electron chi connectivity index (χ4n) is 11.2. The van der Waals surface area contributed by atoms with E-state index in [-0.39, 0.29) is 46.2 Å². The maximum atomic E-state index is 7.42. The van der Waals surface area contributed by atoms with Crippen LogP contribution in [0.25, 0.3) is 10.8 Å². The topological polar surface area (TPSA) is 138 Å². The smallest absolute Gasteiger partial charge is 0.187 e. The van der Waals surface area contributed by atoms with Crippen LogP contribution in [-0.4, -0.2) is 131 Å². The Morgan fingerprint density at radius 1 is 0.407 bits per heavy atom. The van der Waals surface area contributed by atoms with Crippen molar-refractivity contribution in [3.8, 4) is 37.0 Å². The third-order valence-electron chi connectivity index (χ3n) is 15.0. The number of benzene rings is 6. The van der Waals surface area contributed by atoms with E-state index in [4.69, 9.17) is 90.3 Å². The van der Waals surface area contributed by atoms with Crippen LogP contribution in [0.15, 0.2) is 169 Å². The minimum absolute atomic E-state index is 0.0584. The van der Waals surface area contributed by atoms with Crippen molar-refractivity contribution < 1.29 is 71.1 Å². The molecule has 16 heteroatoms. The van der Waals surface area contributed by atoms with E-state index in [1.165, 1.54) is 11.8 Å². The Hall–Kier alpha value is -5.99. The van der Waals surface area contributed by atoms with Gasteiger partial charge in [-0.1, -0.05) is 175 Å². The number of ether oxygens (including phenoxy) is 15. The van der Waals surface area contributed by atoms with Gasteiger partial charge in [0.1, 0.15) is 98.5 Å². The molecule has 6 aromatic carbocycles. The zero-order chi connectivity index (χ0) is 54.9. The predicted octanol–water partition coefficient (Wildman–Crippen LogP) is 8.86. The largest absolute Gasteiger partial charge is 0.368 e. The van der Waals surface area contributed by atoms with E-state index in [2.05, 4.69) is 42.0 Å². The molecule has 0 aliphatic carbocycles. The quantitative estimate of drug-likeness (QED) is 0.0757. The summed E-state index contributed by atoms with van der Waals surface area (Å²) in [5.41, 5.74) is 2.68. The van der Waals surface area contributed by atoms with E-state index < -0.39 is 110 Å². The molecule has 0 unspecified atom stereocenters. The summed E-state index contributed by atoms with van der Waals surface area (Å²) < 4.78 is 103. The molecule has 18 atom stereocenters. The maximum absolute atomic E-state index is 7.42. The third kappa shape index (κ3) is 12.7. The van der Waals surface area contributed by atoms with Gasteiger partial charge in [-0.25, -0.2) is 0 Å². The Kier molecular flexibility index (Phi) is 18.2. The van der Waals surface area contributed by atoms with Crippen molar-refractivity contribution >= 4 is 22.5 Å². The van der Waals surface area contributed by atoms with Gasteiger partial charge in [0.05, 0.1) is 26.4 Å². The molecular weight excluding hydrogens is 1050 g/mol. The van der Waals surface area contributed by atoms with Crippen LogP contribution in [0, 0.1) is 37.0 Å². The Morgan fingerprint density at radius 2 is 0.827 bits per heavy atom. The van der Waals surface area contributed by atoms with E-state index in [0.717, 1.165) is 37.9 Å². The third-order valence-corrected chi connectivity index (χ3v) is 16.1. The lowest BCUT2D eigenvalue weighted by atomic mass is 9.94. The van der Waals surface area contributed by atoms with Gasteiger partial charge in [0.25, 0.3) is 0 Å². The van der Waals surface area contributed by atoms with Gasteiger partial charge in [0, 0.05) is 21.6 Å². The second-order valence-electron chi connectivity index (χ2n) is 20.2. The molecule has 0 bridgehead atoms. The lowest BCUT2D eigenvalue weighted by Crippen LogP contribution is -2.69. The second-order valence-corrected chi connectivity index (χ2v) is 21.4. The number of hydrogen-bond acceptors (Lipinski definition) is 16. The fourth-order valence-corrected chi connectivity index (χ4v) is 12.4. The molecular formula is C65H62O15S. The monoisotopic (exact) mass is 1110 g/mol. The van der Waals surface area contributed by atoms with Crippen LogP contribution >= 0.6 is 11.8 Å². The molecule has 418 valence electrons. The van der Waals surface area contributed by atoms with Crippen LogP contribution in [0.2, 0.25) is 0 Å². The van der Waals surface area contributed by atoms with Gasteiger partial charge in [-0.2, -0.15) is 0 Å². The molecule has 0 saturated carbocycles. The van der Waals surface area contributed by atoms with Crippen molar-refractivity contribution in [2.24, 2.45) is 0 Å². The first-order chi connectivity index (χ1) is 40.0. The van der Waals surface area contributed by atoms with Crippen LogP contribution in [0.4, 0.5) is 0 Å². The Bertz CT molecular complexity index is 3100. The summed E-state index contributed by atoms with van der Waals surface area (Å²) in [6.45, 7) is 0.161. The molecule has 0 spiro atoms. The summed E-state index contributed by atoms with van der Waals surface area (Å²) in [5.74, 6) is 7.95. The van der Waals surface area contributed by atoms with Gasteiger partial charge in [0.2, 0.25) is 0 Å². The molecule has 6 aliphatic rings.